The highest BCUT2D eigenvalue weighted by Gasteiger charge is 2.29. The molecule has 0 bridgehead atoms. The van der Waals surface area contributed by atoms with Crippen molar-refractivity contribution in [2.75, 3.05) is 7.11 Å². The number of rotatable bonds is 2. The van der Waals surface area contributed by atoms with Gasteiger partial charge in [-0.15, -0.1) is 0 Å². The highest BCUT2D eigenvalue weighted by Crippen LogP contribution is 2.45. The average molecular weight is 314 g/mol. The molecule has 0 radical (unpaired) electrons. The maximum absolute atomic E-state index is 11.5. The van der Waals surface area contributed by atoms with Gasteiger partial charge in [-0.3, -0.25) is 0 Å². The molecule has 0 aliphatic carbocycles. The maximum Gasteiger partial charge on any atom is 0.336 e. The Labute approximate surface area is 113 Å². The Morgan fingerprint density at radius 1 is 1.47 bits per heavy atom. The fraction of sp³-hybridized carbons (Fsp3) is 0.250. The van der Waals surface area contributed by atoms with E-state index in [1.165, 1.54) is 24.4 Å². The van der Waals surface area contributed by atoms with Gasteiger partial charge in [0.05, 0.1) is 17.7 Å². The molecular formula is C12H12BrNO2S. The third-order valence-electron chi connectivity index (χ3n) is 2.63. The number of hydrogen-bond acceptors (Lipinski definition) is 4. The van der Waals surface area contributed by atoms with Crippen LogP contribution < -0.4 is 5.73 Å². The third-order valence-corrected chi connectivity index (χ3v) is 4.38. The van der Waals surface area contributed by atoms with E-state index in [1.54, 1.807) is 0 Å². The van der Waals surface area contributed by atoms with Crippen LogP contribution in [-0.2, 0) is 9.53 Å². The van der Waals surface area contributed by atoms with Gasteiger partial charge in [0.1, 0.15) is 0 Å². The Kier molecular flexibility index (Phi) is 3.79. The zero-order valence-corrected chi connectivity index (χ0v) is 11.7. The van der Waals surface area contributed by atoms with Crippen LogP contribution in [0.1, 0.15) is 17.2 Å². The Balaban J connectivity index is 2.15. The molecule has 1 aromatic rings. The van der Waals surface area contributed by atoms with E-state index in [1.807, 2.05) is 24.3 Å². The number of nitrogens with two attached hydrogens (primary N) is 1. The number of halogens is 1. The van der Waals surface area contributed by atoms with Crippen molar-refractivity contribution in [3.8, 4) is 0 Å². The summed E-state index contributed by atoms with van der Waals surface area (Å²) in [7, 11) is 1.38. The van der Waals surface area contributed by atoms with E-state index in [-0.39, 0.29) is 11.2 Å². The van der Waals surface area contributed by atoms with E-state index in [4.69, 9.17) is 10.5 Å². The lowest BCUT2D eigenvalue weighted by molar-refractivity contribution is -0.136. The maximum atomic E-state index is 11.5. The molecule has 1 aliphatic rings. The number of benzene rings is 1. The second-order valence-corrected chi connectivity index (χ2v) is 5.86. The molecule has 0 spiro atoms. The van der Waals surface area contributed by atoms with Crippen molar-refractivity contribution >= 4 is 33.7 Å². The van der Waals surface area contributed by atoms with Gasteiger partial charge in [0.15, 0.2) is 0 Å². The largest absolute Gasteiger partial charge is 0.466 e. The molecular weight excluding hydrogens is 302 g/mol. The summed E-state index contributed by atoms with van der Waals surface area (Å²) in [6.07, 6.45) is 0.630. The molecule has 17 heavy (non-hydrogen) atoms. The van der Waals surface area contributed by atoms with Crippen LogP contribution in [-0.4, -0.2) is 13.1 Å². The van der Waals surface area contributed by atoms with Crippen LogP contribution in [0.2, 0.25) is 0 Å². The monoisotopic (exact) mass is 313 g/mol. The first-order valence-electron chi connectivity index (χ1n) is 5.11. The molecule has 3 nitrogen and oxygen atoms in total. The first-order chi connectivity index (χ1) is 8.11. The molecule has 1 unspecified atom stereocenters. The summed E-state index contributed by atoms with van der Waals surface area (Å²) in [6, 6.07) is 8.05. The van der Waals surface area contributed by atoms with Crippen molar-refractivity contribution in [2.45, 2.75) is 11.7 Å². The summed E-state index contributed by atoms with van der Waals surface area (Å²) in [5, 5.41) is 0.780. The second-order valence-electron chi connectivity index (χ2n) is 3.70. The lowest BCUT2D eigenvalue weighted by Gasteiger charge is -2.09. The number of thioether (sulfide) groups is 1. The average Bonchev–Trinajstić information content (AvgIpc) is 2.71. The van der Waals surface area contributed by atoms with Gasteiger partial charge in [0, 0.05) is 9.72 Å². The zero-order chi connectivity index (χ0) is 12.4. The Hall–Kier alpha value is -0.940. The van der Waals surface area contributed by atoms with Crippen molar-refractivity contribution < 1.29 is 9.53 Å². The van der Waals surface area contributed by atoms with Crippen LogP contribution in [0.15, 0.2) is 39.3 Å². The van der Waals surface area contributed by atoms with Gasteiger partial charge in [-0.25, -0.2) is 4.79 Å². The summed E-state index contributed by atoms with van der Waals surface area (Å²) in [5.41, 5.74) is 7.60. The van der Waals surface area contributed by atoms with Crippen molar-refractivity contribution in [1.29, 1.82) is 0 Å². The van der Waals surface area contributed by atoms with Gasteiger partial charge >= 0.3 is 5.97 Å². The minimum absolute atomic E-state index is 0.206. The summed E-state index contributed by atoms with van der Waals surface area (Å²) in [4.78, 5) is 11.5. The molecule has 0 aromatic heterocycles. The van der Waals surface area contributed by atoms with Crippen LogP contribution in [0.3, 0.4) is 0 Å². The highest BCUT2D eigenvalue weighted by molar-refractivity contribution is 9.10. The minimum Gasteiger partial charge on any atom is -0.466 e. The second kappa shape index (κ2) is 5.14. The number of esters is 1. The Morgan fingerprint density at radius 3 is 2.71 bits per heavy atom. The van der Waals surface area contributed by atoms with E-state index in [2.05, 4.69) is 15.9 Å². The van der Waals surface area contributed by atoms with E-state index < -0.39 is 0 Å². The molecule has 0 amide bonds. The normalized spacial score (nSPS) is 19.5. The van der Waals surface area contributed by atoms with Crippen molar-refractivity contribution in [3.63, 3.8) is 0 Å². The van der Waals surface area contributed by atoms with Gasteiger partial charge in [-0.2, -0.15) is 0 Å². The molecule has 0 saturated carbocycles. The number of ether oxygens (including phenoxy) is 1. The third kappa shape index (κ3) is 2.66. The lowest BCUT2D eigenvalue weighted by atomic mass is 10.1. The molecule has 5 heteroatoms. The molecule has 2 rings (SSSR count). The highest BCUT2D eigenvalue weighted by atomic mass is 79.9. The van der Waals surface area contributed by atoms with E-state index in [9.17, 15) is 4.79 Å². The standard InChI is InChI=1S/C12H12BrNO2S/c1-16-12(15)9-6-10(17-11(9)14)7-2-4-8(13)5-3-7/h2-5,10H,6,14H2,1H3. The Morgan fingerprint density at radius 2 is 2.12 bits per heavy atom. The van der Waals surface area contributed by atoms with Gasteiger partial charge in [0.25, 0.3) is 0 Å². The van der Waals surface area contributed by atoms with Crippen molar-refractivity contribution in [1.82, 2.24) is 0 Å². The molecule has 2 N–H and O–H groups in total. The van der Waals surface area contributed by atoms with Crippen LogP contribution in [0, 0.1) is 0 Å². The Bertz CT molecular complexity index is 470. The zero-order valence-electron chi connectivity index (χ0n) is 9.27. The summed E-state index contributed by atoms with van der Waals surface area (Å²) < 4.78 is 5.75. The smallest absolute Gasteiger partial charge is 0.336 e. The fourth-order valence-electron chi connectivity index (χ4n) is 1.72. The molecule has 1 aromatic carbocycles. The predicted molar refractivity (Wildman–Crippen MR) is 72.3 cm³/mol. The summed E-state index contributed by atoms with van der Waals surface area (Å²) >= 11 is 4.91. The molecule has 1 aliphatic heterocycles. The van der Waals surface area contributed by atoms with Gasteiger partial charge < -0.3 is 10.5 Å². The van der Waals surface area contributed by atoms with Crippen LogP contribution in [0.4, 0.5) is 0 Å². The molecule has 0 fully saturated rings. The van der Waals surface area contributed by atoms with Crippen molar-refractivity contribution in [2.24, 2.45) is 5.73 Å². The molecule has 90 valence electrons. The van der Waals surface area contributed by atoms with Crippen LogP contribution in [0.5, 0.6) is 0 Å². The van der Waals surface area contributed by atoms with E-state index in [0.717, 1.165) is 4.47 Å². The van der Waals surface area contributed by atoms with Crippen molar-refractivity contribution in [3.05, 3.63) is 44.9 Å². The van der Waals surface area contributed by atoms with Gasteiger partial charge in [-0.1, -0.05) is 39.8 Å². The van der Waals surface area contributed by atoms with Crippen LogP contribution >= 0.6 is 27.7 Å². The SMILES string of the molecule is COC(=O)C1=C(N)SC(c2ccc(Br)cc2)C1. The van der Waals surface area contributed by atoms with E-state index >= 15 is 0 Å². The fourth-order valence-corrected chi connectivity index (χ4v) is 3.15. The van der Waals surface area contributed by atoms with Gasteiger partial charge in [-0.05, 0) is 24.1 Å². The minimum atomic E-state index is -0.324. The number of methoxy groups -OCH3 is 1. The molecule has 1 heterocycles. The van der Waals surface area contributed by atoms with Gasteiger partial charge in [0.2, 0.25) is 0 Å². The predicted octanol–water partition coefficient (Wildman–Crippen LogP) is 2.97. The van der Waals surface area contributed by atoms with E-state index in [0.29, 0.717) is 17.0 Å². The lowest BCUT2D eigenvalue weighted by Crippen LogP contribution is -2.07. The first-order valence-corrected chi connectivity index (χ1v) is 6.78. The summed E-state index contributed by atoms with van der Waals surface area (Å²) in [6.45, 7) is 0. The topological polar surface area (TPSA) is 52.3 Å². The number of hydrogen-bond donors (Lipinski definition) is 1. The van der Waals surface area contributed by atoms with Crippen LogP contribution in [0.25, 0.3) is 0 Å². The quantitative estimate of drug-likeness (QED) is 0.853. The number of carbonyl (C=O) groups excluding carboxylic acids is 1. The number of carbonyl (C=O) groups is 1. The molecule has 0 saturated heterocycles. The first kappa shape index (κ1) is 12.5. The molecule has 1 atom stereocenters. The summed E-state index contributed by atoms with van der Waals surface area (Å²) in [5.74, 6) is -0.324.